The number of halogens is 2. The first-order valence-corrected chi connectivity index (χ1v) is 9.36. The van der Waals surface area contributed by atoms with Gasteiger partial charge in [0.2, 0.25) is 11.1 Å². The molecule has 0 radical (unpaired) electrons. The largest absolute Gasteiger partial charge is 0.467 e. The highest BCUT2D eigenvalue weighted by molar-refractivity contribution is 7.99. The van der Waals surface area contributed by atoms with E-state index in [4.69, 9.17) is 27.6 Å². The monoisotopic (exact) mass is 411 g/mol. The molecule has 0 spiro atoms. The molecule has 0 saturated heterocycles. The average Bonchev–Trinajstić information content (AvgIpc) is 3.28. The molecule has 0 atom stereocenters. The molecule has 2 heterocycles. The number of amides is 1. The lowest BCUT2D eigenvalue weighted by Gasteiger charge is -2.17. The van der Waals surface area contributed by atoms with Crippen molar-refractivity contribution in [2.24, 2.45) is 0 Å². The second kappa shape index (κ2) is 8.57. The van der Waals surface area contributed by atoms with Crippen LogP contribution in [-0.4, -0.2) is 43.8 Å². The third kappa shape index (κ3) is 4.78. The van der Waals surface area contributed by atoms with E-state index in [0.29, 0.717) is 28.3 Å². The number of aromatic nitrogens is 4. The van der Waals surface area contributed by atoms with Gasteiger partial charge >= 0.3 is 0 Å². The number of rotatable bonds is 7. The Morgan fingerprint density at radius 3 is 2.88 bits per heavy atom. The molecule has 26 heavy (non-hydrogen) atoms. The van der Waals surface area contributed by atoms with Crippen molar-refractivity contribution < 1.29 is 9.21 Å². The Bertz CT molecular complexity index is 885. The summed E-state index contributed by atoms with van der Waals surface area (Å²) in [5.41, 5.74) is 0.905. The van der Waals surface area contributed by atoms with Gasteiger partial charge in [-0.15, -0.1) is 5.10 Å². The minimum absolute atomic E-state index is 0.0476. The van der Waals surface area contributed by atoms with Crippen LogP contribution in [0.1, 0.15) is 11.3 Å². The molecule has 7 nitrogen and oxygen atoms in total. The molecular formula is C16H15Cl2N5O2S. The van der Waals surface area contributed by atoms with E-state index >= 15 is 0 Å². The van der Waals surface area contributed by atoms with Gasteiger partial charge in [-0.2, -0.15) is 0 Å². The second-order valence-electron chi connectivity index (χ2n) is 5.49. The SMILES string of the molecule is CN(Cc1ccc(Cl)c(Cl)c1)C(=O)CSc1nnnn1Cc1ccco1. The summed E-state index contributed by atoms with van der Waals surface area (Å²) >= 11 is 13.2. The molecule has 136 valence electrons. The Kier molecular flexibility index (Phi) is 6.18. The molecule has 1 aromatic carbocycles. The van der Waals surface area contributed by atoms with Crippen LogP contribution < -0.4 is 0 Å². The molecule has 3 rings (SSSR count). The number of thioether (sulfide) groups is 1. The first kappa shape index (κ1) is 18.8. The Labute approximate surface area is 164 Å². The highest BCUT2D eigenvalue weighted by Gasteiger charge is 2.14. The van der Waals surface area contributed by atoms with Gasteiger partial charge in [0.15, 0.2) is 0 Å². The van der Waals surface area contributed by atoms with Gasteiger partial charge in [-0.1, -0.05) is 41.0 Å². The molecule has 1 amide bonds. The molecular weight excluding hydrogens is 397 g/mol. The predicted octanol–water partition coefficient (Wildman–Crippen LogP) is 3.37. The molecule has 10 heteroatoms. The summed E-state index contributed by atoms with van der Waals surface area (Å²) in [5.74, 6) is 0.909. The number of carbonyl (C=O) groups excluding carboxylic acids is 1. The van der Waals surface area contributed by atoms with E-state index < -0.39 is 0 Å². The zero-order valence-corrected chi connectivity index (χ0v) is 16.1. The van der Waals surface area contributed by atoms with Gasteiger partial charge in [-0.3, -0.25) is 4.79 Å². The summed E-state index contributed by atoms with van der Waals surface area (Å²) in [5, 5.41) is 13.0. The molecule has 0 N–H and O–H groups in total. The summed E-state index contributed by atoms with van der Waals surface area (Å²) < 4.78 is 6.88. The van der Waals surface area contributed by atoms with Crippen LogP contribution in [0.25, 0.3) is 0 Å². The normalized spacial score (nSPS) is 10.9. The molecule has 0 saturated carbocycles. The Morgan fingerprint density at radius 1 is 1.31 bits per heavy atom. The number of nitrogens with zero attached hydrogens (tertiary/aromatic N) is 5. The van der Waals surface area contributed by atoms with E-state index in [1.807, 2.05) is 12.1 Å². The van der Waals surface area contributed by atoms with Crippen LogP contribution >= 0.6 is 35.0 Å². The van der Waals surface area contributed by atoms with Gasteiger partial charge < -0.3 is 9.32 Å². The third-order valence-electron chi connectivity index (χ3n) is 3.54. The first-order chi connectivity index (χ1) is 12.5. The van der Waals surface area contributed by atoms with Gasteiger partial charge in [-0.05, 0) is 40.3 Å². The van der Waals surface area contributed by atoms with E-state index in [0.717, 1.165) is 11.3 Å². The molecule has 0 aliphatic rings. The highest BCUT2D eigenvalue weighted by Crippen LogP contribution is 2.23. The smallest absolute Gasteiger partial charge is 0.233 e. The van der Waals surface area contributed by atoms with E-state index in [2.05, 4.69) is 15.5 Å². The molecule has 0 bridgehead atoms. The minimum Gasteiger partial charge on any atom is -0.467 e. The standard InChI is InChI=1S/C16H15Cl2N5O2S/c1-22(8-11-4-5-13(17)14(18)7-11)15(24)10-26-16-19-20-21-23(16)9-12-3-2-6-25-12/h2-7H,8-10H2,1H3. The van der Waals surface area contributed by atoms with Crippen molar-refractivity contribution in [1.29, 1.82) is 0 Å². The number of furan rings is 1. The number of benzene rings is 1. The number of hydrogen-bond donors (Lipinski definition) is 0. The summed E-state index contributed by atoms with van der Waals surface area (Å²) in [7, 11) is 1.73. The van der Waals surface area contributed by atoms with E-state index in [1.165, 1.54) is 11.8 Å². The molecule has 0 aliphatic heterocycles. The topological polar surface area (TPSA) is 77.1 Å². The molecule has 2 aromatic heterocycles. The van der Waals surface area contributed by atoms with Crippen LogP contribution in [0.2, 0.25) is 10.0 Å². The fourth-order valence-corrected chi connectivity index (χ4v) is 3.32. The number of hydrogen-bond acceptors (Lipinski definition) is 6. The van der Waals surface area contributed by atoms with Crippen molar-refractivity contribution in [2.75, 3.05) is 12.8 Å². The summed E-state index contributed by atoms with van der Waals surface area (Å²) in [6, 6.07) is 8.95. The van der Waals surface area contributed by atoms with E-state index in [9.17, 15) is 4.79 Å². The fourth-order valence-electron chi connectivity index (χ4n) is 2.19. The first-order valence-electron chi connectivity index (χ1n) is 7.62. The van der Waals surface area contributed by atoms with Crippen LogP contribution in [0.4, 0.5) is 0 Å². The lowest BCUT2D eigenvalue weighted by molar-refractivity contribution is -0.127. The zero-order chi connectivity index (χ0) is 18.5. The Morgan fingerprint density at radius 2 is 2.15 bits per heavy atom. The third-order valence-corrected chi connectivity index (χ3v) is 5.22. The van der Waals surface area contributed by atoms with Crippen molar-refractivity contribution in [3.05, 3.63) is 58.0 Å². The van der Waals surface area contributed by atoms with Crippen molar-refractivity contribution in [1.82, 2.24) is 25.1 Å². The maximum atomic E-state index is 12.4. The molecule has 3 aromatic rings. The van der Waals surface area contributed by atoms with Gasteiger partial charge in [-0.25, -0.2) is 4.68 Å². The quantitative estimate of drug-likeness (QED) is 0.554. The van der Waals surface area contributed by atoms with Crippen molar-refractivity contribution in [3.8, 4) is 0 Å². The fraction of sp³-hybridized carbons (Fsp3) is 0.250. The summed E-state index contributed by atoms with van der Waals surface area (Å²) in [6.45, 7) is 0.850. The van der Waals surface area contributed by atoms with Crippen LogP contribution in [0.3, 0.4) is 0 Å². The maximum absolute atomic E-state index is 12.4. The Hall–Kier alpha value is -2.03. The Balaban J connectivity index is 1.55. The summed E-state index contributed by atoms with van der Waals surface area (Å²) in [6.07, 6.45) is 1.59. The van der Waals surface area contributed by atoms with E-state index in [1.54, 1.807) is 41.1 Å². The van der Waals surface area contributed by atoms with Crippen molar-refractivity contribution in [3.63, 3.8) is 0 Å². The van der Waals surface area contributed by atoms with Crippen LogP contribution in [0.5, 0.6) is 0 Å². The number of tetrazole rings is 1. The van der Waals surface area contributed by atoms with Gasteiger partial charge in [0.1, 0.15) is 12.3 Å². The van der Waals surface area contributed by atoms with E-state index in [-0.39, 0.29) is 11.7 Å². The zero-order valence-electron chi connectivity index (χ0n) is 13.8. The van der Waals surface area contributed by atoms with Crippen molar-refractivity contribution in [2.45, 2.75) is 18.2 Å². The van der Waals surface area contributed by atoms with Crippen molar-refractivity contribution >= 4 is 40.9 Å². The van der Waals surface area contributed by atoms with Gasteiger partial charge in [0.25, 0.3) is 0 Å². The lowest BCUT2D eigenvalue weighted by Crippen LogP contribution is -2.28. The van der Waals surface area contributed by atoms with Gasteiger partial charge in [0.05, 0.1) is 22.1 Å². The molecule has 0 fully saturated rings. The number of carbonyl (C=O) groups is 1. The van der Waals surface area contributed by atoms with Gasteiger partial charge in [0, 0.05) is 13.6 Å². The summed E-state index contributed by atoms with van der Waals surface area (Å²) in [4.78, 5) is 14.0. The highest BCUT2D eigenvalue weighted by atomic mass is 35.5. The molecule has 0 unspecified atom stereocenters. The predicted molar refractivity (Wildman–Crippen MR) is 99.3 cm³/mol. The maximum Gasteiger partial charge on any atom is 0.233 e. The van der Waals surface area contributed by atoms with Crippen LogP contribution in [-0.2, 0) is 17.9 Å². The average molecular weight is 412 g/mol. The lowest BCUT2D eigenvalue weighted by atomic mass is 10.2. The molecule has 0 aliphatic carbocycles. The minimum atomic E-state index is -0.0476. The van der Waals surface area contributed by atoms with Crippen LogP contribution in [0.15, 0.2) is 46.2 Å². The van der Waals surface area contributed by atoms with Crippen LogP contribution in [0, 0.1) is 0 Å². The second-order valence-corrected chi connectivity index (χ2v) is 7.24.